The van der Waals surface area contributed by atoms with Crippen LogP contribution in [0.1, 0.15) is 38.3 Å². The molecule has 3 heteroatoms. The number of rotatable bonds is 3. The zero-order valence-corrected chi connectivity index (χ0v) is 10.1. The summed E-state index contributed by atoms with van der Waals surface area (Å²) in [4.78, 5) is 12.2. The normalized spacial score (nSPS) is 20.6. The van der Waals surface area contributed by atoms with Crippen molar-refractivity contribution in [2.24, 2.45) is 5.92 Å². The number of hydrogen-bond acceptors (Lipinski definition) is 2. The highest BCUT2D eigenvalue weighted by atomic mass is 16.1. The van der Waals surface area contributed by atoms with Crippen LogP contribution in [0.15, 0.2) is 23.1 Å². The Balaban J connectivity index is 2.28. The summed E-state index contributed by atoms with van der Waals surface area (Å²) in [6.07, 6.45) is 4.14. The third-order valence-corrected chi connectivity index (χ3v) is 3.05. The van der Waals surface area contributed by atoms with Gasteiger partial charge in [-0.1, -0.05) is 19.9 Å². The summed E-state index contributed by atoms with van der Waals surface area (Å²) in [6, 6.07) is 4.22. The Morgan fingerprint density at radius 1 is 1.56 bits per heavy atom. The van der Waals surface area contributed by atoms with E-state index in [0.29, 0.717) is 5.92 Å². The second-order valence-electron chi connectivity index (χ2n) is 4.96. The third kappa shape index (κ3) is 2.35. The van der Waals surface area contributed by atoms with E-state index in [-0.39, 0.29) is 11.6 Å². The number of nitrogens with one attached hydrogen (secondary N) is 1. The van der Waals surface area contributed by atoms with E-state index in [1.165, 1.54) is 6.42 Å². The van der Waals surface area contributed by atoms with Gasteiger partial charge in [-0.3, -0.25) is 4.79 Å². The van der Waals surface area contributed by atoms with Crippen LogP contribution in [0.5, 0.6) is 0 Å². The van der Waals surface area contributed by atoms with Crippen LogP contribution in [-0.4, -0.2) is 11.1 Å². The van der Waals surface area contributed by atoms with E-state index < -0.39 is 0 Å². The van der Waals surface area contributed by atoms with Gasteiger partial charge in [0, 0.05) is 24.3 Å². The molecule has 0 amide bonds. The van der Waals surface area contributed by atoms with E-state index in [0.717, 1.165) is 25.1 Å². The molecule has 0 radical (unpaired) electrons. The average Bonchev–Trinajstić information content (AvgIpc) is 2.73. The summed E-state index contributed by atoms with van der Waals surface area (Å²) >= 11 is 0. The van der Waals surface area contributed by atoms with Crippen LogP contribution in [0, 0.1) is 5.92 Å². The predicted molar refractivity (Wildman–Crippen MR) is 65.5 cm³/mol. The van der Waals surface area contributed by atoms with Gasteiger partial charge in [-0.05, 0) is 31.4 Å². The average molecular weight is 220 g/mol. The summed E-state index contributed by atoms with van der Waals surface area (Å²) in [5, 5.41) is 3.38. The minimum absolute atomic E-state index is 0.176. The SMILES string of the molecule is CC(C)Cn1cccc([C@@H]2CCCN2)c1=O. The molecular weight excluding hydrogens is 200 g/mol. The number of hydrogen-bond donors (Lipinski definition) is 1. The number of nitrogens with zero attached hydrogens (tertiary/aromatic N) is 1. The van der Waals surface area contributed by atoms with Crippen LogP contribution in [0.25, 0.3) is 0 Å². The largest absolute Gasteiger partial charge is 0.315 e. The molecule has 1 aromatic rings. The van der Waals surface area contributed by atoms with Crippen molar-refractivity contribution in [1.29, 1.82) is 0 Å². The fourth-order valence-electron chi connectivity index (χ4n) is 2.31. The van der Waals surface area contributed by atoms with Crippen molar-refractivity contribution >= 4 is 0 Å². The monoisotopic (exact) mass is 220 g/mol. The summed E-state index contributed by atoms with van der Waals surface area (Å²) in [5.74, 6) is 0.504. The molecule has 3 nitrogen and oxygen atoms in total. The molecule has 1 fully saturated rings. The van der Waals surface area contributed by atoms with Crippen LogP contribution in [0.4, 0.5) is 0 Å². The minimum Gasteiger partial charge on any atom is -0.315 e. The van der Waals surface area contributed by atoms with Crippen LogP contribution in [0.3, 0.4) is 0 Å². The van der Waals surface area contributed by atoms with E-state index in [2.05, 4.69) is 19.2 Å². The number of pyridine rings is 1. The van der Waals surface area contributed by atoms with Crippen molar-refractivity contribution < 1.29 is 0 Å². The lowest BCUT2D eigenvalue weighted by Crippen LogP contribution is -2.29. The van der Waals surface area contributed by atoms with Crippen LogP contribution in [-0.2, 0) is 6.54 Å². The van der Waals surface area contributed by atoms with Gasteiger partial charge in [0.15, 0.2) is 0 Å². The molecule has 88 valence electrons. The Kier molecular flexibility index (Phi) is 3.44. The Labute approximate surface area is 96.5 Å². The van der Waals surface area contributed by atoms with E-state index in [1.807, 2.05) is 22.9 Å². The molecule has 0 aliphatic carbocycles. The zero-order chi connectivity index (χ0) is 11.5. The summed E-state index contributed by atoms with van der Waals surface area (Å²) < 4.78 is 1.83. The smallest absolute Gasteiger partial charge is 0.255 e. The lowest BCUT2D eigenvalue weighted by atomic mass is 10.1. The van der Waals surface area contributed by atoms with Gasteiger partial charge in [-0.25, -0.2) is 0 Å². The molecule has 1 aliphatic heterocycles. The molecule has 1 aliphatic rings. The second kappa shape index (κ2) is 4.83. The van der Waals surface area contributed by atoms with Crippen molar-refractivity contribution in [3.63, 3.8) is 0 Å². The molecular formula is C13H20N2O. The van der Waals surface area contributed by atoms with E-state index in [9.17, 15) is 4.79 Å². The maximum Gasteiger partial charge on any atom is 0.255 e. The Bertz CT molecular complexity index is 403. The highest BCUT2D eigenvalue weighted by molar-refractivity contribution is 5.16. The Morgan fingerprint density at radius 3 is 3.00 bits per heavy atom. The molecule has 16 heavy (non-hydrogen) atoms. The minimum atomic E-state index is 0.176. The van der Waals surface area contributed by atoms with Gasteiger partial charge in [0.25, 0.3) is 5.56 Å². The van der Waals surface area contributed by atoms with Crippen molar-refractivity contribution in [2.75, 3.05) is 6.54 Å². The lowest BCUT2D eigenvalue weighted by Gasteiger charge is -2.14. The second-order valence-corrected chi connectivity index (χ2v) is 4.96. The maximum absolute atomic E-state index is 12.2. The van der Waals surface area contributed by atoms with Crippen LogP contribution < -0.4 is 10.9 Å². The highest BCUT2D eigenvalue weighted by Crippen LogP contribution is 2.19. The molecule has 2 rings (SSSR count). The van der Waals surface area contributed by atoms with Crippen LogP contribution >= 0.6 is 0 Å². The summed E-state index contributed by atoms with van der Waals surface area (Å²) in [5.41, 5.74) is 1.11. The molecule has 0 unspecified atom stereocenters. The summed E-state index contributed by atoms with van der Waals surface area (Å²) in [6.45, 7) is 6.10. The topological polar surface area (TPSA) is 34.0 Å². The van der Waals surface area contributed by atoms with E-state index in [4.69, 9.17) is 0 Å². The first-order chi connectivity index (χ1) is 7.68. The molecule has 2 heterocycles. The molecule has 1 atom stereocenters. The first-order valence-corrected chi connectivity index (χ1v) is 6.11. The zero-order valence-electron chi connectivity index (χ0n) is 10.1. The van der Waals surface area contributed by atoms with Gasteiger partial charge < -0.3 is 9.88 Å². The third-order valence-electron chi connectivity index (χ3n) is 3.05. The molecule has 1 aromatic heterocycles. The first kappa shape index (κ1) is 11.4. The Hall–Kier alpha value is -1.09. The fourth-order valence-corrected chi connectivity index (χ4v) is 2.31. The van der Waals surface area contributed by atoms with E-state index in [1.54, 1.807) is 0 Å². The van der Waals surface area contributed by atoms with Crippen molar-refractivity contribution in [1.82, 2.24) is 9.88 Å². The predicted octanol–water partition coefficient (Wildman–Crippen LogP) is 1.93. The summed E-state index contributed by atoms with van der Waals surface area (Å²) in [7, 11) is 0. The molecule has 0 spiro atoms. The van der Waals surface area contributed by atoms with Gasteiger partial charge in [0.1, 0.15) is 0 Å². The Morgan fingerprint density at radius 2 is 2.38 bits per heavy atom. The quantitative estimate of drug-likeness (QED) is 0.844. The van der Waals surface area contributed by atoms with Gasteiger partial charge in [-0.2, -0.15) is 0 Å². The van der Waals surface area contributed by atoms with Crippen molar-refractivity contribution in [2.45, 2.75) is 39.3 Å². The maximum atomic E-state index is 12.2. The van der Waals surface area contributed by atoms with Crippen molar-refractivity contribution in [3.05, 3.63) is 34.2 Å². The fraction of sp³-hybridized carbons (Fsp3) is 0.615. The van der Waals surface area contributed by atoms with Gasteiger partial charge in [0.2, 0.25) is 0 Å². The molecule has 0 bridgehead atoms. The first-order valence-electron chi connectivity index (χ1n) is 6.11. The molecule has 1 saturated heterocycles. The molecule has 0 saturated carbocycles. The van der Waals surface area contributed by atoms with Gasteiger partial charge >= 0.3 is 0 Å². The van der Waals surface area contributed by atoms with Crippen LogP contribution in [0.2, 0.25) is 0 Å². The standard InChI is InChI=1S/C13H20N2O/c1-10(2)9-15-8-4-5-11(13(15)16)12-6-3-7-14-12/h4-5,8,10,12,14H,3,6-7,9H2,1-2H3/t12-/m0/s1. The molecule has 1 N–H and O–H groups in total. The van der Waals surface area contributed by atoms with Gasteiger partial charge in [0.05, 0.1) is 0 Å². The number of aromatic nitrogens is 1. The highest BCUT2D eigenvalue weighted by Gasteiger charge is 2.19. The lowest BCUT2D eigenvalue weighted by molar-refractivity contribution is 0.502. The van der Waals surface area contributed by atoms with Gasteiger partial charge in [-0.15, -0.1) is 0 Å². The molecule has 0 aromatic carbocycles. The van der Waals surface area contributed by atoms with E-state index >= 15 is 0 Å². The van der Waals surface area contributed by atoms with Crippen molar-refractivity contribution in [3.8, 4) is 0 Å².